The minimum Gasteiger partial charge on any atom is -0.377 e. The Morgan fingerprint density at radius 1 is 1.30 bits per heavy atom. The number of rotatable bonds is 6. The molecule has 6 nitrogen and oxygen atoms in total. The molecule has 0 aliphatic carbocycles. The number of nitrogens with one attached hydrogen (secondary N) is 1. The summed E-state index contributed by atoms with van der Waals surface area (Å²) in [6.45, 7) is 7.41. The number of likely N-dealkylation sites (tertiary alicyclic amines) is 1. The van der Waals surface area contributed by atoms with E-state index in [1.165, 1.54) is 12.8 Å². The summed E-state index contributed by atoms with van der Waals surface area (Å²) in [5, 5.41) is 3.58. The molecule has 2 aliphatic rings. The molecule has 3 rings (SSSR count). The zero-order valence-corrected chi connectivity index (χ0v) is 14.4. The van der Waals surface area contributed by atoms with Gasteiger partial charge in [0.25, 0.3) is 0 Å². The summed E-state index contributed by atoms with van der Waals surface area (Å²) in [7, 11) is 2.05. The van der Waals surface area contributed by atoms with E-state index < -0.39 is 0 Å². The van der Waals surface area contributed by atoms with E-state index in [0.29, 0.717) is 12.1 Å². The molecule has 6 heteroatoms. The molecule has 0 spiro atoms. The smallest absolute Gasteiger partial charge is 0.133 e. The van der Waals surface area contributed by atoms with Crippen LogP contribution in [-0.4, -0.2) is 66.8 Å². The Bertz CT molecular complexity index is 484. The van der Waals surface area contributed by atoms with Gasteiger partial charge in [-0.15, -0.1) is 0 Å². The molecule has 2 saturated heterocycles. The van der Waals surface area contributed by atoms with Gasteiger partial charge in [-0.3, -0.25) is 0 Å². The van der Waals surface area contributed by atoms with Gasteiger partial charge in [-0.25, -0.2) is 9.97 Å². The van der Waals surface area contributed by atoms with Gasteiger partial charge in [-0.05, 0) is 32.6 Å². The lowest BCUT2D eigenvalue weighted by molar-refractivity contribution is 0.0654. The summed E-state index contributed by atoms with van der Waals surface area (Å²) >= 11 is 0. The van der Waals surface area contributed by atoms with Crippen LogP contribution in [0.15, 0.2) is 12.4 Å². The fraction of sp³-hybridized carbons (Fsp3) is 0.765. The second kappa shape index (κ2) is 7.93. The van der Waals surface area contributed by atoms with E-state index in [2.05, 4.69) is 39.1 Å². The van der Waals surface area contributed by atoms with Crippen molar-refractivity contribution in [2.75, 3.05) is 50.1 Å². The third kappa shape index (κ3) is 4.54. The first-order valence-electron chi connectivity index (χ1n) is 8.88. The van der Waals surface area contributed by atoms with Crippen LogP contribution in [0.3, 0.4) is 0 Å². The second-order valence-corrected chi connectivity index (χ2v) is 6.63. The van der Waals surface area contributed by atoms with Gasteiger partial charge in [0.05, 0.1) is 6.10 Å². The molecule has 0 radical (unpaired) electrons. The van der Waals surface area contributed by atoms with Crippen LogP contribution in [0.1, 0.15) is 32.6 Å². The lowest BCUT2D eigenvalue weighted by atomic mass is 10.0. The van der Waals surface area contributed by atoms with Crippen LogP contribution < -0.4 is 10.2 Å². The molecule has 128 valence electrons. The van der Waals surface area contributed by atoms with Crippen LogP contribution in [0.25, 0.3) is 0 Å². The number of anilines is 2. The summed E-state index contributed by atoms with van der Waals surface area (Å²) in [5.74, 6) is 1.91. The first-order chi connectivity index (χ1) is 11.2. The molecular formula is C17H29N5O. The van der Waals surface area contributed by atoms with Crippen molar-refractivity contribution >= 4 is 11.6 Å². The molecule has 0 bridgehead atoms. The third-order valence-electron chi connectivity index (χ3n) is 4.94. The first-order valence-corrected chi connectivity index (χ1v) is 8.88. The molecule has 0 amide bonds. The number of piperidine rings is 1. The summed E-state index contributed by atoms with van der Waals surface area (Å²) in [6, 6.07) is 2.55. The zero-order valence-electron chi connectivity index (χ0n) is 14.4. The second-order valence-electron chi connectivity index (χ2n) is 6.63. The van der Waals surface area contributed by atoms with Gasteiger partial charge in [-0.2, -0.15) is 0 Å². The van der Waals surface area contributed by atoms with Crippen LogP contribution in [0, 0.1) is 0 Å². The Morgan fingerprint density at radius 2 is 2.13 bits per heavy atom. The zero-order chi connectivity index (χ0) is 16.1. The Balaban J connectivity index is 1.46. The van der Waals surface area contributed by atoms with E-state index >= 15 is 0 Å². The molecule has 0 aromatic carbocycles. The summed E-state index contributed by atoms with van der Waals surface area (Å²) < 4.78 is 5.75. The minimum absolute atomic E-state index is 0.466. The largest absolute Gasteiger partial charge is 0.377 e. The van der Waals surface area contributed by atoms with Gasteiger partial charge >= 0.3 is 0 Å². The molecule has 2 fully saturated rings. The third-order valence-corrected chi connectivity index (χ3v) is 4.94. The molecule has 3 heterocycles. The summed E-state index contributed by atoms with van der Waals surface area (Å²) in [5.41, 5.74) is 0. The van der Waals surface area contributed by atoms with Gasteiger partial charge in [0, 0.05) is 51.9 Å². The van der Waals surface area contributed by atoms with Crippen molar-refractivity contribution in [1.29, 1.82) is 0 Å². The maximum Gasteiger partial charge on any atom is 0.133 e. The van der Waals surface area contributed by atoms with Gasteiger partial charge in [0.2, 0.25) is 0 Å². The predicted molar refractivity (Wildman–Crippen MR) is 93.0 cm³/mol. The number of nitrogens with zero attached hydrogens (tertiary/aromatic N) is 4. The van der Waals surface area contributed by atoms with E-state index in [0.717, 1.165) is 57.3 Å². The molecule has 23 heavy (non-hydrogen) atoms. The monoisotopic (exact) mass is 319 g/mol. The molecule has 1 aromatic rings. The van der Waals surface area contributed by atoms with Crippen LogP contribution in [-0.2, 0) is 4.74 Å². The Labute approximate surface area is 139 Å². The number of ether oxygens (including phenoxy) is 1. The molecule has 1 aromatic heterocycles. The van der Waals surface area contributed by atoms with Crippen LogP contribution in [0.4, 0.5) is 11.6 Å². The highest BCUT2D eigenvalue weighted by Crippen LogP contribution is 2.20. The fourth-order valence-electron chi connectivity index (χ4n) is 3.34. The standard InChI is InChI=1S/C17H29N5O/c1-3-21(2)17-11-16(18-13-19-17)20-14-6-8-22(9-7-14)12-15-5-4-10-23-15/h11,13-15H,3-10,12H2,1-2H3,(H,18,19,20)/t15-/m1/s1. The van der Waals surface area contributed by atoms with Gasteiger partial charge < -0.3 is 19.9 Å². The molecular weight excluding hydrogens is 290 g/mol. The normalized spacial score (nSPS) is 23.1. The van der Waals surface area contributed by atoms with E-state index in [1.54, 1.807) is 6.33 Å². The average molecular weight is 319 g/mol. The van der Waals surface area contributed by atoms with E-state index in [9.17, 15) is 0 Å². The van der Waals surface area contributed by atoms with Crippen molar-refractivity contribution in [3.8, 4) is 0 Å². The lowest BCUT2D eigenvalue weighted by Crippen LogP contribution is -2.42. The minimum atomic E-state index is 0.466. The topological polar surface area (TPSA) is 53.5 Å². The van der Waals surface area contributed by atoms with E-state index in [1.807, 2.05) is 6.07 Å². The van der Waals surface area contributed by atoms with Crippen LogP contribution in [0.5, 0.6) is 0 Å². The van der Waals surface area contributed by atoms with Crippen molar-refractivity contribution in [2.24, 2.45) is 0 Å². The average Bonchev–Trinajstić information content (AvgIpc) is 3.09. The predicted octanol–water partition coefficient (Wildman–Crippen LogP) is 1.99. The number of hydrogen-bond donors (Lipinski definition) is 1. The highest BCUT2D eigenvalue weighted by atomic mass is 16.5. The molecule has 1 atom stereocenters. The quantitative estimate of drug-likeness (QED) is 0.865. The van der Waals surface area contributed by atoms with Crippen molar-refractivity contribution in [1.82, 2.24) is 14.9 Å². The lowest BCUT2D eigenvalue weighted by Gasteiger charge is -2.33. The maximum atomic E-state index is 5.75. The fourth-order valence-corrected chi connectivity index (χ4v) is 3.34. The summed E-state index contributed by atoms with van der Waals surface area (Å²) in [4.78, 5) is 13.4. The highest BCUT2D eigenvalue weighted by Gasteiger charge is 2.24. The molecule has 0 unspecified atom stereocenters. The van der Waals surface area contributed by atoms with Gasteiger partial charge in [-0.1, -0.05) is 0 Å². The van der Waals surface area contributed by atoms with Crippen molar-refractivity contribution < 1.29 is 4.74 Å². The Kier molecular flexibility index (Phi) is 5.67. The van der Waals surface area contributed by atoms with Crippen molar-refractivity contribution in [3.63, 3.8) is 0 Å². The maximum absolute atomic E-state index is 5.75. The van der Waals surface area contributed by atoms with E-state index in [4.69, 9.17) is 4.74 Å². The highest BCUT2D eigenvalue weighted by molar-refractivity contribution is 5.48. The molecule has 1 N–H and O–H groups in total. The van der Waals surface area contributed by atoms with Crippen molar-refractivity contribution in [3.05, 3.63) is 12.4 Å². The summed E-state index contributed by atoms with van der Waals surface area (Å²) in [6.07, 6.45) is 6.90. The SMILES string of the molecule is CCN(C)c1cc(NC2CCN(C[C@H]3CCCO3)CC2)ncn1. The van der Waals surface area contributed by atoms with Crippen LogP contribution >= 0.6 is 0 Å². The Morgan fingerprint density at radius 3 is 2.83 bits per heavy atom. The Hall–Kier alpha value is -1.40. The first kappa shape index (κ1) is 16.5. The number of aromatic nitrogens is 2. The van der Waals surface area contributed by atoms with Crippen molar-refractivity contribution in [2.45, 2.75) is 44.8 Å². The molecule has 0 saturated carbocycles. The molecule has 2 aliphatic heterocycles. The van der Waals surface area contributed by atoms with E-state index in [-0.39, 0.29) is 0 Å². The van der Waals surface area contributed by atoms with Gasteiger partial charge in [0.15, 0.2) is 0 Å². The number of hydrogen-bond acceptors (Lipinski definition) is 6. The van der Waals surface area contributed by atoms with Crippen LogP contribution in [0.2, 0.25) is 0 Å². The van der Waals surface area contributed by atoms with Gasteiger partial charge in [0.1, 0.15) is 18.0 Å².